The molecule has 1 atom stereocenters. The number of carbonyl (C=O) groups is 1. The van der Waals surface area contributed by atoms with Gasteiger partial charge in [-0.3, -0.25) is 0 Å². The zero-order chi connectivity index (χ0) is 20.7. The Labute approximate surface area is 147 Å². The summed E-state index contributed by atoms with van der Waals surface area (Å²) in [7, 11) is 0. The molecular formula is C12H7F9O5S. The summed E-state index contributed by atoms with van der Waals surface area (Å²) in [4.78, 5) is 11.2. The fourth-order valence-electron chi connectivity index (χ4n) is 1.91. The van der Waals surface area contributed by atoms with Gasteiger partial charge < -0.3 is 18.9 Å². The van der Waals surface area contributed by atoms with Crippen molar-refractivity contribution in [3.8, 4) is 11.5 Å². The molecule has 0 amide bonds. The largest absolute Gasteiger partial charge is 0.509 e. The van der Waals surface area contributed by atoms with Crippen LogP contribution < -0.4 is 9.47 Å². The minimum atomic E-state index is -7.04. The van der Waals surface area contributed by atoms with E-state index in [1.165, 1.54) is 10.8 Å². The van der Waals surface area contributed by atoms with Crippen LogP contribution >= 0.6 is 11.3 Å². The van der Waals surface area contributed by atoms with Gasteiger partial charge in [-0.15, -0.1) is 11.3 Å². The highest BCUT2D eigenvalue weighted by Gasteiger charge is 2.87. The van der Waals surface area contributed by atoms with Gasteiger partial charge in [0.15, 0.2) is 17.6 Å². The van der Waals surface area contributed by atoms with Crippen molar-refractivity contribution in [3.63, 3.8) is 0 Å². The average Bonchev–Trinajstić information content (AvgIpc) is 2.94. The van der Waals surface area contributed by atoms with E-state index >= 15 is 0 Å². The molecule has 0 fully saturated rings. The van der Waals surface area contributed by atoms with E-state index in [9.17, 15) is 44.3 Å². The Bertz CT molecular complexity index is 642. The van der Waals surface area contributed by atoms with Crippen molar-refractivity contribution < 1.29 is 63.3 Å². The second-order valence-electron chi connectivity index (χ2n) is 4.99. The van der Waals surface area contributed by atoms with Crippen LogP contribution in [0.5, 0.6) is 11.5 Å². The van der Waals surface area contributed by atoms with Gasteiger partial charge in [-0.2, -0.15) is 39.5 Å². The van der Waals surface area contributed by atoms with Crippen LogP contribution in [0, 0.1) is 0 Å². The molecule has 0 aromatic carbocycles. The smallest absolute Gasteiger partial charge is 0.485 e. The molecule has 0 aliphatic carbocycles. The van der Waals surface area contributed by atoms with Gasteiger partial charge in [0.2, 0.25) is 0 Å². The number of hydrogen-bond acceptors (Lipinski definition) is 6. The Morgan fingerprint density at radius 1 is 1.00 bits per heavy atom. The van der Waals surface area contributed by atoms with Crippen molar-refractivity contribution in [1.82, 2.24) is 0 Å². The highest BCUT2D eigenvalue weighted by Crippen LogP contribution is 2.55. The number of thiophene rings is 1. The standard InChI is InChI=1S/C12H7F9O5S/c13-10(14,15)9(11(16,17)18,12(19,20)21)26-8(22)24-2-5-1-23-6-3-27-4-7(6)25-5/h3-5H,1-2H2. The second-order valence-corrected chi connectivity index (χ2v) is 5.73. The van der Waals surface area contributed by atoms with E-state index in [1.54, 1.807) is 0 Å². The fraction of sp³-hybridized carbons (Fsp3) is 0.583. The molecule has 1 unspecified atom stereocenters. The molecule has 154 valence electrons. The summed E-state index contributed by atoms with van der Waals surface area (Å²) in [6.07, 6.45) is -25.1. The molecule has 0 bridgehead atoms. The summed E-state index contributed by atoms with van der Waals surface area (Å²) in [5, 5.41) is 2.95. The Morgan fingerprint density at radius 2 is 1.52 bits per heavy atom. The zero-order valence-corrected chi connectivity index (χ0v) is 13.3. The number of alkyl halides is 9. The van der Waals surface area contributed by atoms with Gasteiger partial charge in [0.25, 0.3) is 0 Å². The van der Waals surface area contributed by atoms with Crippen LogP contribution in [0.3, 0.4) is 0 Å². The van der Waals surface area contributed by atoms with Crippen LogP contribution in [0.1, 0.15) is 0 Å². The van der Waals surface area contributed by atoms with Crippen molar-refractivity contribution in [3.05, 3.63) is 10.8 Å². The van der Waals surface area contributed by atoms with E-state index in [2.05, 4.69) is 9.47 Å². The van der Waals surface area contributed by atoms with Crippen molar-refractivity contribution in [2.45, 2.75) is 30.2 Å². The summed E-state index contributed by atoms with van der Waals surface area (Å²) in [5.74, 6) is 0.451. The molecule has 1 aromatic heterocycles. The quantitative estimate of drug-likeness (QED) is 0.519. The first-order valence-corrected chi connectivity index (χ1v) is 7.55. The first-order chi connectivity index (χ1) is 12.2. The maximum Gasteiger partial charge on any atom is 0.509 e. The Morgan fingerprint density at radius 3 is 2.04 bits per heavy atom. The summed E-state index contributed by atoms with van der Waals surface area (Å²) >= 11 is 1.14. The average molecular weight is 434 g/mol. The van der Waals surface area contributed by atoms with Crippen LogP contribution in [0.15, 0.2) is 10.8 Å². The lowest BCUT2D eigenvalue weighted by molar-refractivity contribution is -0.445. The first-order valence-electron chi connectivity index (χ1n) is 6.60. The maximum absolute atomic E-state index is 12.6. The minimum Gasteiger partial charge on any atom is -0.485 e. The molecule has 0 spiro atoms. The first kappa shape index (κ1) is 21.2. The van der Waals surface area contributed by atoms with Gasteiger partial charge >= 0.3 is 30.3 Å². The summed E-state index contributed by atoms with van der Waals surface area (Å²) in [6.45, 7) is -1.34. The molecule has 1 aromatic rings. The number of carbonyl (C=O) groups excluding carboxylic acids is 1. The fourth-order valence-corrected chi connectivity index (χ4v) is 2.59. The predicted molar refractivity (Wildman–Crippen MR) is 67.6 cm³/mol. The molecule has 5 nitrogen and oxygen atoms in total. The molecule has 0 saturated heterocycles. The molecular weight excluding hydrogens is 427 g/mol. The molecule has 2 heterocycles. The maximum atomic E-state index is 12.6. The van der Waals surface area contributed by atoms with Crippen LogP contribution in [0.25, 0.3) is 0 Å². The number of fused-ring (bicyclic) bond motifs is 1. The van der Waals surface area contributed by atoms with E-state index in [4.69, 9.17) is 9.47 Å². The van der Waals surface area contributed by atoms with E-state index in [0.29, 0.717) is 5.75 Å². The lowest BCUT2D eigenvalue weighted by Gasteiger charge is -2.36. The van der Waals surface area contributed by atoms with E-state index in [1.807, 2.05) is 0 Å². The van der Waals surface area contributed by atoms with Gasteiger partial charge in [-0.25, -0.2) is 4.79 Å². The highest BCUT2D eigenvalue weighted by atomic mass is 32.1. The Kier molecular flexibility index (Phi) is 5.38. The van der Waals surface area contributed by atoms with Gasteiger partial charge in [0.1, 0.15) is 13.2 Å². The topological polar surface area (TPSA) is 54.0 Å². The minimum absolute atomic E-state index is 0.156. The van der Waals surface area contributed by atoms with Gasteiger partial charge in [0, 0.05) is 10.8 Å². The molecule has 1 aliphatic rings. The van der Waals surface area contributed by atoms with Gasteiger partial charge in [0.05, 0.1) is 0 Å². The second kappa shape index (κ2) is 6.83. The third-order valence-corrected chi connectivity index (χ3v) is 3.83. The van der Waals surface area contributed by atoms with E-state index in [0.717, 1.165) is 11.3 Å². The normalized spacial score (nSPS) is 18.2. The SMILES string of the molecule is O=C(OCC1COc2cscc2O1)OC(C(F)(F)F)(C(F)(F)F)C(F)(F)F. The van der Waals surface area contributed by atoms with Crippen LogP contribution in [0.2, 0.25) is 0 Å². The molecule has 0 saturated carbocycles. The molecule has 0 radical (unpaired) electrons. The molecule has 1 aliphatic heterocycles. The number of rotatable bonds is 3. The highest BCUT2D eigenvalue weighted by molar-refractivity contribution is 7.08. The Hall–Kier alpha value is -2.06. The van der Waals surface area contributed by atoms with Crippen molar-refractivity contribution in [1.29, 1.82) is 0 Å². The third kappa shape index (κ3) is 3.96. The molecule has 2 rings (SSSR count). The third-order valence-electron chi connectivity index (χ3n) is 3.13. The summed E-state index contributed by atoms with van der Waals surface area (Å²) in [5.41, 5.74) is -6.74. The number of ether oxygens (including phenoxy) is 4. The van der Waals surface area contributed by atoms with Crippen molar-refractivity contribution in [2.75, 3.05) is 13.2 Å². The molecule has 0 N–H and O–H groups in total. The van der Waals surface area contributed by atoms with E-state index in [-0.39, 0.29) is 12.4 Å². The van der Waals surface area contributed by atoms with Crippen LogP contribution in [0.4, 0.5) is 44.3 Å². The van der Waals surface area contributed by atoms with Gasteiger partial charge in [-0.1, -0.05) is 0 Å². The van der Waals surface area contributed by atoms with Crippen LogP contribution in [-0.4, -0.2) is 49.6 Å². The van der Waals surface area contributed by atoms with Gasteiger partial charge in [-0.05, 0) is 0 Å². The lowest BCUT2D eigenvalue weighted by Crippen LogP contribution is -2.68. The van der Waals surface area contributed by atoms with Crippen molar-refractivity contribution >= 4 is 17.5 Å². The molecule has 15 heteroatoms. The Balaban J connectivity index is 2.10. The summed E-state index contributed by atoms with van der Waals surface area (Å²) in [6, 6.07) is 0. The number of halogens is 9. The summed E-state index contributed by atoms with van der Waals surface area (Å²) < 4.78 is 131. The van der Waals surface area contributed by atoms with Crippen molar-refractivity contribution in [2.24, 2.45) is 0 Å². The monoisotopic (exact) mass is 434 g/mol. The zero-order valence-electron chi connectivity index (χ0n) is 12.5. The predicted octanol–water partition coefficient (Wildman–Crippen LogP) is 4.47. The lowest BCUT2D eigenvalue weighted by atomic mass is 10.0. The molecule has 27 heavy (non-hydrogen) atoms. The number of hydrogen-bond donors (Lipinski definition) is 0. The van der Waals surface area contributed by atoms with Crippen LogP contribution in [-0.2, 0) is 9.47 Å². The van der Waals surface area contributed by atoms with E-state index < -0.39 is 43.0 Å².